The monoisotopic (exact) mass is 383 g/mol. The molecule has 5 heteroatoms. The number of ether oxygens (including phenoxy) is 2. The molecule has 0 heterocycles. The van der Waals surface area contributed by atoms with Gasteiger partial charge in [-0.2, -0.15) is 0 Å². The Hall–Kier alpha value is -1.76. The highest BCUT2D eigenvalue weighted by molar-refractivity contribution is 14.1. The summed E-state index contributed by atoms with van der Waals surface area (Å²) in [6, 6.07) is 14.7. The summed E-state index contributed by atoms with van der Waals surface area (Å²) in [7, 11) is 1.60. The second-order valence-electron chi connectivity index (χ2n) is 4.02. The fourth-order valence-corrected chi connectivity index (χ4v) is 1.91. The molecule has 0 saturated heterocycles. The third-order valence-electron chi connectivity index (χ3n) is 2.56. The molecular formula is C15H14INO3. The first-order valence-electron chi connectivity index (χ1n) is 5.99. The molecule has 2 aromatic carbocycles. The van der Waals surface area contributed by atoms with Crippen LogP contribution in [0.2, 0.25) is 0 Å². The first-order valence-corrected chi connectivity index (χ1v) is 7.07. The van der Waals surface area contributed by atoms with Crippen LogP contribution in [0, 0.1) is 3.57 Å². The fourth-order valence-electron chi connectivity index (χ4n) is 1.55. The Bertz CT molecular complexity index is 567. The van der Waals surface area contributed by atoms with Gasteiger partial charge >= 0.3 is 0 Å². The van der Waals surface area contributed by atoms with Gasteiger partial charge in [0.1, 0.15) is 11.5 Å². The molecule has 0 fully saturated rings. The first kappa shape index (κ1) is 14.6. The molecule has 0 saturated carbocycles. The van der Waals surface area contributed by atoms with Gasteiger partial charge in [-0.15, -0.1) is 0 Å². The number of halogens is 1. The Morgan fingerprint density at radius 2 is 1.65 bits per heavy atom. The number of hydrogen-bond acceptors (Lipinski definition) is 3. The summed E-state index contributed by atoms with van der Waals surface area (Å²) in [6.45, 7) is -0.0294. The summed E-state index contributed by atoms with van der Waals surface area (Å²) in [5.41, 5.74) is 0.758. The molecule has 0 aliphatic heterocycles. The second kappa shape index (κ2) is 7.14. The van der Waals surface area contributed by atoms with E-state index in [0.717, 1.165) is 15.0 Å². The largest absolute Gasteiger partial charge is 0.497 e. The zero-order valence-electron chi connectivity index (χ0n) is 10.9. The number of rotatable bonds is 5. The topological polar surface area (TPSA) is 47.6 Å². The molecule has 0 atom stereocenters. The lowest BCUT2D eigenvalue weighted by Gasteiger charge is -2.08. The molecule has 0 unspecified atom stereocenters. The number of carbonyl (C=O) groups excluding carboxylic acids is 1. The lowest BCUT2D eigenvalue weighted by Crippen LogP contribution is -2.20. The van der Waals surface area contributed by atoms with Crippen molar-refractivity contribution >= 4 is 34.2 Å². The third kappa shape index (κ3) is 4.41. The van der Waals surface area contributed by atoms with E-state index in [1.54, 1.807) is 31.4 Å². The van der Waals surface area contributed by atoms with Gasteiger partial charge in [0.25, 0.3) is 5.91 Å². The maximum absolute atomic E-state index is 11.7. The van der Waals surface area contributed by atoms with Crippen LogP contribution in [0.25, 0.3) is 0 Å². The van der Waals surface area contributed by atoms with Gasteiger partial charge in [0.2, 0.25) is 0 Å². The van der Waals surface area contributed by atoms with Gasteiger partial charge in [-0.25, -0.2) is 0 Å². The SMILES string of the molecule is COc1ccc(OCC(=O)Nc2ccc(I)cc2)cc1. The van der Waals surface area contributed by atoms with Gasteiger partial charge < -0.3 is 14.8 Å². The standard InChI is InChI=1S/C15H14INO3/c1-19-13-6-8-14(9-7-13)20-10-15(18)17-12-4-2-11(16)3-5-12/h2-9H,10H2,1H3,(H,17,18). The maximum atomic E-state index is 11.7. The van der Waals surface area contributed by atoms with Gasteiger partial charge in [-0.05, 0) is 71.1 Å². The molecule has 0 bridgehead atoms. The lowest BCUT2D eigenvalue weighted by atomic mass is 10.3. The van der Waals surface area contributed by atoms with Crippen molar-refractivity contribution in [3.63, 3.8) is 0 Å². The van der Waals surface area contributed by atoms with Crippen molar-refractivity contribution in [2.24, 2.45) is 0 Å². The summed E-state index contributed by atoms with van der Waals surface area (Å²) in [4.78, 5) is 11.7. The Morgan fingerprint density at radius 1 is 1.05 bits per heavy atom. The Morgan fingerprint density at radius 3 is 2.25 bits per heavy atom. The molecule has 0 aliphatic carbocycles. The average molecular weight is 383 g/mol. The number of amides is 1. The van der Waals surface area contributed by atoms with Crippen LogP contribution in [0.4, 0.5) is 5.69 Å². The highest BCUT2D eigenvalue weighted by Crippen LogP contribution is 2.17. The summed E-state index contributed by atoms with van der Waals surface area (Å²) in [5, 5.41) is 2.77. The predicted octanol–water partition coefficient (Wildman–Crippen LogP) is 3.32. The van der Waals surface area contributed by atoms with Gasteiger partial charge in [0, 0.05) is 9.26 Å². The number of methoxy groups -OCH3 is 1. The van der Waals surface area contributed by atoms with Crippen molar-refractivity contribution in [3.8, 4) is 11.5 Å². The van der Waals surface area contributed by atoms with Crippen molar-refractivity contribution in [1.29, 1.82) is 0 Å². The highest BCUT2D eigenvalue weighted by atomic mass is 127. The number of hydrogen-bond donors (Lipinski definition) is 1. The van der Waals surface area contributed by atoms with Gasteiger partial charge in [0.05, 0.1) is 7.11 Å². The molecule has 1 amide bonds. The minimum Gasteiger partial charge on any atom is -0.497 e. The lowest BCUT2D eigenvalue weighted by molar-refractivity contribution is -0.118. The Balaban J connectivity index is 1.83. The molecular weight excluding hydrogens is 369 g/mol. The molecule has 1 N–H and O–H groups in total. The van der Waals surface area contributed by atoms with Crippen LogP contribution < -0.4 is 14.8 Å². The van der Waals surface area contributed by atoms with Crippen LogP contribution in [-0.4, -0.2) is 19.6 Å². The van der Waals surface area contributed by atoms with Gasteiger partial charge in [-0.1, -0.05) is 0 Å². The van der Waals surface area contributed by atoms with E-state index in [0.29, 0.717) is 5.75 Å². The van der Waals surface area contributed by atoms with Crippen LogP contribution in [0.15, 0.2) is 48.5 Å². The van der Waals surface area contributed by atoms with Crippen molar-refractivity contribution in [2.45, 2.75) is 0 Å². The molecule has 104 valence electrons. The number of benzene rings is 2. The maximum Gasteiger partial charge on any atom is 0.262 e. The average Bonchev–Trinajstić information content (AvgIpc) is 2.48. The van der Waals surface area contributed by atoms with E-state index in [-0.39, 0.29) is 12.5 Å². The number of nitrogens with one attached hydrogen (secondary N) is 1. The highest BCUT2D eigenvalue weighted by Gasteiger charge is 2.04. The number of anilines is 1. The van der Waals surface area contributed by atoms with Crippen LogP contribution in [0.1, 0.15) is 0 Å². The van der Waals surface area contributed by atoms with E-state index in [2.05, 4.69) is 27.9 Å². The minimum atomic E-state index is -0.193. The van der Waals surface area contributed by atoms with Gasteiger partial charge in [0.15, 0.2) is 6.61 Å². The van der Waals surface area contributed by atoms with Gasteiger partial charge in [-0.3, -0.25) is 4.79 Å². The molecule has 20 heavy (non-hydrogen) atoms. The quantitative estimate of drug-likeness (QED) is 0.806. The zero-order chi connectivity index (χ0) is 14.4. The summed E-state index contributed by atoms with van der Waals surface area (Å²) in [5.74, 6) is 1.19. The normalized spacial score (nSPS) is 9.90. The Kier molecular flexibility index (Phi) is 5.23. The summed E-state index contributed by atoms with van der Waals surface area (Å²) in [6.07, 6.45) is 0. The van der Waals surface area contributed by atoms with E-state index in [1.165, 1.54) is 0 Å². The van der Waals surface area contributed by atoms with Crippen molar-refractivity contribution in [2.75, 3.05) is 19.0 Å². The summed E-state index contributed by atoms with van der Waals surface area (Å²) < 4.78 is 11.6. The molecule has 0 radical (unpaired) electrons. The van der Waals surface area contributed by atoms with E-state index < -0.39 is 0 Å². The van der Waals surface area contributed by atoms with Crippen LogP contribution in [-0.2, 0) is 4.79 Å². The minimum absolute atomic E-state index is 0.0294. The predicted molar refractivity (Wildman–Crippen MR) is 86.3 cm³/mol. The van der Waals surface area contributed by atoms with E-state index in [1.807, 2.05) is 24.3 Å². The van der Waals surface area contributed by atoms with Crippen LogP contribution in [0.5, 0.6) is 11.5 Å². The first-order chi connectivity index (χ1) is 9.67. The molecule has 2 aromatic rings. The zero-order valence-corrected chi connectivity index (χ0v) is 13.1. The summed E-state index contributed by atoms with van der Waals surface area (Å²) >= 11 is 2.21. The van der Waals surface area contributed by atoms with E-state index in [4.69, 9.17) is 9.47 Å². The van der Waals surface area contributed by atoms with Crippen molar-refractivity contribution < 1.29 is 14.3 Å². The third-order valence-corrected chi connectivity index (χ3v) is 3.28. The fraction of sp³-hybridized carbons (Fsp3) is 0.133. The van der Waals surface area contributed by atoms with Crippen LogP contribution in [0.3, 0.4) is 0 Å². The molecule has 0 aliphatic rings. The van der Waals surface area contributed by atoms with E-state index >= 15 is 0 Å². The smallest absolute Gasteiger partial charge is 0.262 e. The molecule has 2 rings (SSSR count). The Labute approximate surface area is 131 Å². The second-order valence-corrected chi connectivity index (χ2v) is 5.26. The van der Waals surface area contributed by atoms with Crippen molar-refractivity contribution in [1.82, 2.24) is 0 Å². The van der Waals surface area contributed by atoms with Crippen molar-refractivity contribution in [3.05, 3.63) is 52.1 Å². The molecule has 0 aromatic heterocycles. The molecule has 0 spiro atoms. The number of carbonyl (C=O) groups is 1. The van der Waals surface area contributed by atoms with E-state index in [9.17, 15) is 4.79 Å². The molecule has 4 nitrogen and oxygen atoms in total. The van der Waals surface area contributed by atoms with Crippen LogP contribution >= 0.6 is 22.6 Å².